The van der Waals surface area contributed by atoms with Crippen LogP contribution in [-0.4, -0.2) is 10.2 Å². The third-order valence-corrected chi connectivity index (χ3v) is 5.10. The molecule has 102 valence electrons. The Bertz CT molecular complexity index is 708. The minimum atomic E-state index is 0.564. The Hall–Kier alpha value is -1.31. The minimum absolute atomic E-state index is 0.564. The van der Waals surface area contributed by atoms with Crippen molar-refractivity contribution in [1.82, 2.24) is 10.2 Å². The molecule has 0 amide bonds. The van der Waals surface area contributed by atoms with Gasteiger partial charge in [-0.2, -0.15) is 0 Å². The number of benzene rings is 1. The molecule has 0 fully saturated rings. The number of nitrogen functional groups attached to an aromatic ring is 1. The van der Waals surface area contributed by atoms with Crippen molar-refractivity contribution >= 4 is 44.7 Å². The molecule has 20 heavy (non-hydrogen) atoms. The molecule has 0 atom stereocenters. The molecule has 7 heteroatoms. The van der Waals surface area contributed by atoms with E-state index >= 15 is 0 Å². The van der Waals surface area contributed by atoms with Crippen molar-refractivity contribution in [2.45, 2.75) is 10.6 Å². The first kappa shape index (κ1) is 13.7. The molecule has 0 spiro atoms. The molecular formula is C13H10BrN3OS2. The smallest absolute Gasteiger partial charge is 0.257 e. The molecule has 1 aromatic carbocycles. The average Bonchev–Trinajstić information content (AvgIpc) is 3.07. The molecule has 0 aliphatic heterocycles. The van der Waals surface area contributed by atoms with Crippen molar-refractivity contribution in [2.24, 2.45) is 0 Å². The summed E-state index contributed by atoms with van der Waals surface area (Å²) >= 11 is 6.63. The maximum Gasteiger partial charge on any atom is 0.257 e. The molecule has 0 saturated heterocycles. The minimum Gasteiger partial charge on any atom is -0.419 e. The Morgan fingerprint density at radius 3 is 2.65 bits per heavy atom. The normalized spacial score (nSPS) is 10.8. The molecule has 2 aromatic heterocycles. The van der Waals surface area contributed by atoms with Gasteiger partial charge in [-0.05, 0) is 52.3 Å². The standard InChI is InChI=1S/C13H10BrN3OS2/c14-11-6-5-10(20-11)13-17-16-12(18-13)7-19-9-3-1-8(15)2-4-9/h1-6H,7,15H2. The Kier molecular flexibility index (Phi) is 4.09. The zero-order valence-electron chi connectivity index (χ0n) is 10.2. The van der Waals surface area contributed by atoms with Crippen LogP contribution in [0, 0.1) is 0 Å². The van der Waals surface area contributed by atoms with Gasteiger partial charge in [0.2, 0.25) is 5.89 Å². The molecule has 0 radical (unpaired) electrons. The van der Waals surface area contributed by atoms with Crippen LogP contribution in [0.2, 0.25) is 0 Å². The topological polar surface area (TPSA) is 64.9 Å². The van der Waals surface area contributed by atoms with E-state index in [4.69, 9.17) is 10.2 Å². The fourth-order valence-electron chi connectivity index (χ4n) is 1.55. The summed E-state index contributed by atoms with van der Waals surface area (Å²) in [5.74, 6) is 1.82. The first-order chi connectivity index (χ1) is 9.70. The lowest BCUT2D eigenvalue weighted by atomic mass is 10.3. The van der Waals surface area contributed by atoms with Gasteiger partial charge in [-0.3, -0.25) is 0 Å². The fourth-order valence-corrected chi connectivity index (χ4v) is 3.59. The maximum atomic E-state index is 5.65. The van der Waals surface area contributed by atoms with E-state index < -0.39 is 0 Å². The van der Waals surface area contributed by atoms with Crippen LogP contribution < -0.4 is 5.73 Å². The van der Waals surface area contributed by atoms with E-state index in [9.17, 15) is 0 Å². The van der Waals surface area contributed by atoms with Crippen LogP contribution in [0.5, 0.6) is 0 Å². The van der Waals surface area contributed by atoms with E-state index in [0.717, 1.165) is 19.2 Å². The van der Waals surface area contributed by atoms with Crippen LogP contribution in [-0.2, 0) is 5.75 Å². The first-order valence-electron chi connectivity index (χ1n) is 5.77. The van der Waals surface area contributed by atoms with Crippen molar-refractivity contribution in [3.05, 3.63) is 46.1 Å². The lowest BCUT2D eigenvalue weighted by Gasteiger charge is -1.98. The summed E-state index contributed by atoms with van der Waals surface area (Å²) in [4.78, 5) is 2.09. The van der Waals surface area contributed by atoms with Gasteiger partial charge >= 0.3 is 0 Å². The number of nitrogens with zero attached hydrogens (tertiary/aromatic N) is 2. The van der Waals surface area contributed by atoms with E-state index in [1.54, 1.807) is 23.1 Å². The summed E-state index contributed by atoms with van der Waals surface area (Å²) < 4.78 is 6.70. The molecule has 0 saturated carbocycles. The molecule has 0 unspecified atom stereocenters. The van der Waals surface area contributed by atoms with Gasteiger partial charge in [-0.25, -0.2) is 0 Å². The van der Waals surface area contributed by atoms with Crippen molar-refractivity contribution in [2.75, 3.05) is 5.73 Å². The van der Waals surface area contributed by atoms with E-state index in [-0.39, 0.29) is 0 Å². The largest absolute Gasteiger partial charge is 0.419 e. The Morgan fingerprint density at radius 1 is 1.15 bits per heavy atom. The quantitative estimate of drug-likeness (QED) is 0.545. The van der Waals surface area contributed by atoms with Crippen molar-refractivity contribution < 1.29 is 4.42 Å². The van der Waals surface area contributed by atoms with Gasteiger partial charge in [0, 0.05) is 10.6 Å². The molecule has 2 N–H and O–H groups in total. The van der Waals surface area contributed by atoms with Crippen LogP contribution in [0.1, 0.15) is 5.89 Å². The van der Waals surface area contributed by atoms with Gasteiger partial charge in [0.25, 0.3) is 5.89 Å². The monoisotopic (exact) mass is 367 g/mol. The molecule has 0 aliphatic carbocycles. The summed E-state index contributed by atoms with van der Waals surface area (Å²) in [6, 6.07) is 11.6. The average molecular weight is 368 g/mol. The van der Waals surface area contributed by atoms with E-state index in [1.165, 1.54) is 0 Å². The zero-order valence-corrected chi connectivity index (χ0v) is 13.5. The van der Waals surface area contributed by atoms with Crippen molar-refractivity contribution in [3.8, 4) is 10.8 Å². The van der Waals surface area contributed by atoms with Gasteiger partial charge < -0.3 is 10.2 Å². The van der Waals surface area contributed by atoms with Gasteiger partial charge in [-0.1, -0.05) is 0 Å². The summed E-state index contributed by atoms with van der Waals surface area (Å²) in [5.41, 5.74) is 6.41. The number of aromatic nitrogens is 2. The SMILES string of the molecule is Nc1ccc(SCc2nnc(-c3ccc(Br)s3)o2)cc1. The van der Waals surface area contributed by atoms with Crippen LogP contribution in [0.4, 0.5) is 5.69 Å². The molecule has 0 aliphatic rings. The highest BCUT2D eigenvalue weighted by molar-refractivity contribution is 9.11. The highest BCUT2D eigenvalue weighted by atomic mass is 79.9. The fraction of sp³-hybridized carbons (Fsp3) is 0.0769. The summed E-state index contributed by atoms with van der Waals surface area (Å²) in [5, 5.41) is 8.13. The summed E-state index contributed by atoms with van der Waals surface area (Å²) in [7, 11) is 0. The molecule has 4 nitrogen and oxygen atoms in total. The molecule has 3 rings (SSSR count). The highest BCUT2D eigenvalue weighted by Gasteiger charge is 2.10. The number of halogens is 1. The number of anilines is 1. The first-order valence-corrected chi connectivity index (χ1v) is 8.36. The van der Waals surface area contributed by atoms with Crippen molar-refractivity contribution in [3.63, 3.8) is 0 Å². The van der Waals surface area contributed by atoms with Crippen LogP contribution >= 0.6 is 39.0 Å². The number of hydrogen-bond donors (Lipinski definition) is 1. The van der Waals surface area contributed by atoms with Crippen molar-refractivity contribution in [1.29, 1.82) is 0 Å². The van der Waals surface area contributed by atoms with Gasteiger partial charge in [-0.15, -0.1) is 33.3 Å². The van der Waals surface area contributed by atoms with Gasteiger partial charge in [0.1, 0.15) is 0 Å². The number of thiophene rings is 1. The van der Waals surface area contributed by atoms with Crippen LogP contribution in [0.3, 0.4) is 0 Å². The number of rotatable bonds is 4. The van der Waals surface area contributed by atoms with Gasteiger partial charge in [0.05, 0.1) is 14.4 Å². The Balaban J connectivity index is 1.67. The Labute approximate surface area is 132 Å². The summed E-state index contributed by atoms with van der Waals surface area (Å²) in [6.45, 7) is 0. The Morgan fingerprint density at radius 2 is 1.95 bits per heavy atom. The lowest BCUT2D eigenvalue weighted by molar-refractivity contribution is 0.529. The third-order valence-electron chi connectivity index (χ3n) is 2.49. The number of thioether (sulfide) groups is 1. The van der Waals surface area contributed by atoms with E-state index in [0.29, 0.717) is 17.5 Å². The molecular weight excluding hydrogens is 358 g/mol. The summed E-state index contributed by atoms with van der Waals surface area (Å²) in [6.07, 6.45) is 0. The predicted molar refractivity (Wildman–Crippen MR) is 85.7 cm³/mol. The van der Waals surface area contributed by atoms with Crippen LogP contribution in [0.15, 0.2) is 49.5 Å². The van der Waals surface area contributed by atoms with E-state index in [2.05, 4.69) is 26.1 Å². The van der Waals surface area contributed by atoms with Gasteiger partial charge in [0.15, 0.2) is 0 Å². The lowest BCUT2D eigenvalue weighted by Crippen LogP contribution is -1.84. The second kappa shape index (κ2) is 5.99. The maximum absolute atomic E-state index is 5.65. The highest BCUT2D eigenvalue weighted by Crippen LogP contribution is 2.31. The predicted octanol–water partition coefficient (Wildman–Crippen LogP) is 4.44. The molecule has 2 heterocycles. The van der Waals surface area contributed by atoms with E-state index in [1.807, 2.05) is 36.4 Å². The second-order valence-electron chi connectivity index (χ2n) is 3.96. The number of hydrogen-bond acceptors (Lipinski definition) is 6. The number of nitrogens with two attached hydrogens (primary N) is 1. The zero-order chi connectivity index (χ0) is 13.9. The van der Waals surface area contributed by atoms with Crippen LogP contribution in [0.25, 0.3) is 10.8 Å². The second-order valence-corrected chi connectivity index (χ2v) is 7.47. The third kappa shape index (κ3) is 3.23. The molecule has 0 bridgehead atoms. The molecule has 3 aromatic rings.